The monoisotopic (exact) mass is 746 g/mol. The fourth-order valence-corrected chi connectivity index (χ4v) is 7.35. The van der Waals surface area contributed by atoms with Crippen molar-refractivity contribution in [2.75, 3.05) is 26.5 Å². The Bertz CT molecular complexity index is 1640. The molecule has 11 nitrogen and oxygen atoms in total. The van der Waals surface area contributed by atoms with Gasteiger partial charge in [-0.05, 0) is 55.5 Å². The molecule has 284 valence electrons. The van der Waals surface area contributed by atoms with Gasteiger partial charge in [0.05, 0.1) is 29.5 Å². The Morgan fingerprint density at radius 2 is 1.55 bits per heavy atom. The first-order chi connectivity index (χ1) is 23.6. The van der Waals surface area contributed by atoms with Gasteiger partial charge in [-0.25, -0.2) is 13.1 Å². The van der Waals surface area contributed by atoms with Crippen LogP contribution in [0.5, 0.6) is 5.75 Å². The maximum absolute atomic E-state index is 14.2. The first kappa shape index (κ1) is 43.6. The standard InChI is InChI=1S/C38H58N4O7S2/c1-25(2)31(23-26(3)34(44)41-51(47,48)24-28-15-13-12-14-16-28)42(11)36(46)33(37(5,6)7)40-35(45)32(39-10)38(8,9)29-17-19-30(20-18-29)49-21-22-50-27(4)43/h12-20,23,25,31-33,39,43,50H,21-22,24H2,1-11H3,(H,40,45)(H,41,44)/b26-23+/t31-,32-,33-/m1/s1. The fraction of sp³-hybridized carbons (Fsp3) is 0.526. The van der Waals surface area contributed by atoms with E-state index in [1.54, 1.807) is 57.4 Å². The summed E-state index contributed by atoms with van der Waals surface area (Å²) in [6, 6.07) is 13.9. The molecule has 3 atom stereocenters. The molecule has 0 aliphatic rings. The number of thiol groups is 1. The number of hydrogen-bond donors (Lipinski definition) is 5. The van der Waals surface area contributed by atoms with E-state index in [-0.39, 0.29) is 29.1 Å². The Morgan fingerprint density at radius 1 is 0.961 bits per heavy atom. The third kappa shape index (κ3) is 13.2. The molecule has 13 heteroatoms. The van der Waals surface area contributed by atoms with Crippen LogP contribution in [0.15, 0.2) is 66.2 Å². The van der Waals surface area contributed by atoms with Gasteiger partial charge in [0.25, 0.3) is 5.91 Å². The summed E-state index contributed by atoms with van der Waals surface area (Å²) >= 11 is 0.821. The first-order valence-corrected chi connectivity index (χ1v) is 19.8. The van der Waals surface area contributed by atoms with E-state index >= 15 is 0 Å². The van der Waals surface area contributed by atoms with Gasteiger partial charge in [-0.2, -0.15) is 11.4 Å². The third-order valence-electron chi connectivity index (χ3n) is 8.68. The molecule has 2 aromatic rings. The van der Waals surface area contributed by atoms with E-state index < -0.39 is 44.9 Å². The average Bonchev–Trinajstić information content (AvgIpc) is 3.03. The van der Waals surface area contributed by atoms with Crippen LogP contribution >= 0.6 is 11.4 Å². The molecule has 0 aliphatic carbocycles. The maximum atomic E-state index is 14.2. The second kappa shape index (κ2) is 18.8. The van der Waals surface area contributed by atoms with Crippen LogP contribution in [-0.4, -0.2) is 85.8 Å². The molecule has 3 amide bonds. The Balaban J connectivity index is 2.26. The summed E-state index contributed by atoms with van der Waals surface area (Å²) in [5.74, 6) is -0.613. The van der Waals surface area contributed by atoms with E-state index in [9.17, 15) is 27.9 Å². The lowest BCUT2D eigenvalue weighted by Crippen LogP contribution is -2.61. The van der Waals surface area contributed by atoms with E-state index in [0.29, 0.717) is 28.7 Å². The molecule has 0 heterocycles. The highest BCUT2D eigenvalue weighted by molar-refractivity contribution is 7.98. The van der Waals surface area contributed by atoms with Gasteiger partial charge in [-0.1, -0.05) is 97.0 Å². The number of likely N-dealkylation sites (N-methyl/N-ethyl adjacent to an activating group) is 2. The zero-order valence-corrected chi connectivity index (χ0v) is 33.6. The highest BCUT2D eigenvalue weighted by Gasteiger charge is 2.41. The molecule has 2 aromatic carbocycles. The number of nitrogens with one attached hydrogen (secondary N) is 3. The van der Waals surface area contributed by atoms with Crippen molar-refractivity contribution < 1.29 is 32.6 Å². The Morgan fingerprint density at radius 3 is 2.06 bits per heavy atom. The highest BCUT2D eigenvalue weighted by Crippen LogP contribution is 2.30. The largest absolute Gasteiger partial charge is 0.493 e. The lowest BCUT2D eigenvalue weighted by Gasteiger charge is -2.40. The number of carbonyl (C=O) groups excluding carboxylic acids is 3. The van der Waals surface area contributed by atoms with E-state index in [2.05, 4.69) is 15.4 Å². The van der Waals surface area contributed by atoms with Crippen LogP contribution in [0.3, 0.4) is 0 Å². The number of sulfonamides is 1. The molecule has 2 rings (SSSR count). The van der Waals surface area contributed by atoms with Crippen molar-refractivity contribution in [1.29, 1.82) is 0 Å². The van der Waals surface area contributed by atoms with Crippen LogP contribution in [0.25, 0.3) is 0 Å². The maximum Gasteiger partial charge on any atom is 0.260 e. The van der Waals surface area contributed by atoms with E-state index in [1.807, 2.05) is 72.7 Å². The lowest BCUT2D eigenvalue weighted by molar-refractivity contribution is -0.140. The summed E-state index contributed by atoms with van der Waals surface area (Å²) in [6.07, 6.45) is 1.59. The van der Waals surface area contributed by atoms with Crippen molar-refractivity contribution in [2.24, 2.45) is 11.3 Å². The molecule has 0 bridgehead atoms. The van der Waals surface area contributed by atoms with Crippen molar-refractivity contribution in [3.05, 3.63) is 77.4 Å². The lowest BCUT2D eigenvalue weighted by atomic mass is 9.76. The minimum Gasteiger partial charge on any atom is -0.493 e. The highest BCUT2D eigenvalue weighted by atomic mass is 32.2. The zero-order chi connectivity index (χ0) is 38.7. The topological polar surface area (TPSA) is 154 Å². The molecular formula is C38H58N4O7S2. The first-order valence-electron chi connectivity index (χ1n) is 17.1. The van der Waals surface area contributed by atoms with Gasteiger partial charge in [0.1, 0.15) is 11.8 Å². The van der Waals surface area contributed by atoms with Crippen LogP contribution in [0.2, 0.25) is 0 Å². The van der Waals surface area contributed by atoms with E-state index in [1.165, 1.54) is 11.8 Å². The second-order valence-corrected chi connectivity index (χ2v) is 17.9. The van der Waals surface area contributed by atoms with Crippen molar-refractivity contribution in [3.63, 3.8) is 0 Å². The van der Waals surface area contributed by atoms with Crippen molar-refractivity contribution >= 4 is 44.1 Å². The number of nitrogens with zero attached hydrogens (tertiary/aromatic N) is 1. The van der Waals surface area contributed by atoms with Crippen molar-refractivity contribution in [1.82, 2.24) is 20.3 Å². The van der Waals surface area contributed by atoms with Crippen molar-refractivity contribution in [3.8, 4) is 5.75 Å². The summed E-state index contributed by atoms with van der Waals surface area (Å²) in [6.45, 7) is 16.9. The molecule has 0 aliphatic heterocycles. The molecule has 0 saturated carbocycles. The van der Waals surface area contributed by atoms with Crippen molar-refractivity contribution in [2.45, 2.75) is 91.6 Å². The summed E-state index contributed by atoms with van der Waals surface area (Å²) in [5.41, 5.74) is 0.212. The summed E-state index contributed by atoms with van der Waals surface area (Å²) in [4.78, 5) is 42.7. The minimum absolute atomic E-state index is 0.146. The predicted octanol–water partition coefficient (Wildman–Crippen LogP) is 4.71. The number of aliphatic hydroxyl groups is 1. The molecular weight excluding hydrogens is 689 g/mol. The van der Waals surface area contributed by atoms with Gasteiger partial charge in [-0.3, -0.25) is 14.4 Å². The molecule has 0 aromatic heterocycles. The molecule has 0 fully saturated rings. The number of ether oxygens (including phenoxy) is 1. The molecule has 0 unspecified atom stereocenters. The molecule has 0 spiro atoms. The quantitative estimate of drug-likeness (QED) is 0.0676. The van der Waals surface area contributed by atoms with Gasteiger partial charge in [0.2, 0.25) is 21.8 Å². The molecule has 51 heavy (non-hydrogen) atoms. The van der Waals surface area contributed by atoms with Gasteiger partial charge >= 0.3 is 0 Å². The zero-order valence-electron chi connectivity index (χ0n) is 31.9. The Kier molecular flexibility index (Phi) is 16.1. The van der Waals surface area contributed by atoms with E-state index in [0.717, 1.165) is 16.9 Å². The van der Waals surface area contributed by atoms with Gasteiger partial charge in [0.15, 0.2) is 0 Å². The SMILES string of the molecule is CN[C@H](C(=O)N[C@H](C(=O)N(C)[C@H](/C=C(\C)C(=O)NS(=O)(=O)Cc1ccccc1)C(C)C)C(C)(C)C)C(C)(C)c1ccc(OCC[SH]=C(C)O)cc1. The molecule has 0 saturated heterocycles. The van der Waals surface area contributed by atoms with Gasteiger partial charge < -0.3 is 25.4 Å². The number of benzene rings is 2. The minimum atomic E-state index is -3.96. The number of hydrogen-bond acceptors (Lipinski definition) is 7. The van der Waals surface area contributed by atoms with Crippen LogP contribution in [-0.2, 0) is 35.6 Å². The second-order valence-electron chi connectivity index (χ2n) is 14.8. The Hall–Kier alpha value is -3.52. The van der Waals surface area contributed by atoms with Crippen LogP contribution < -0.4 is 20.1 Å². The van der Waals surface area contributed by atoms with Gasteiger partial charge in [-0.15, -0.1) is 0 Å². The van der Waals surface area contributed by atoms with Gasteiger partial charge in [0, 0.05) is 23.8 Å². The van der Waals surface area contributed by atoms with Crippen LogP contribution in [0, 0.1) is 11.3 Å². The van der Waals surface area contributed by atoms with Crippen LogP contribution in [0.1, 0.15) is 73.4 Å². The van der Waals surface area contributed by atoms with Crippen LogP contribution in [0.4, 0.5) is 0 Å². The molecule has 0 radical (unpaired) electrons. The number of rotatable bonds is 17. The number of amides is 3. The number of aliphatic hydroxyl groups excluding tert-OH is 1. The Labute approximate surface area is 308 Å². The molecule has 4 N–H and O–H groups in total. The summed E-state index contributed by atoms with van der Waals surface area (Å²) in [7, 11) is -0.632. The van der Waals surface area contributed by atoms with E-state index in [4.69, 9.17) is 4.74 Å². The number of carbonyl (C=O) groups is 3. The summed E-state index contributed by atoms with van der Waals surface area (Å²) in [5, 5.41) is 15.9. The summed E-state index contributed by atoms with van der Waals surface area (Å²) < 4.78 is 33.4. The smallest absolute Gasteiger partial charge is 0.260 e. The third-order valence-corrected chi connectivity index (χ3v) is 10.7. The normalized spacial score (nSPS) is 14.9. The fourth-order valence-electron chi connectivity index (χ4n) is 5.70. The predicted molar refractivity (Wildman–Crippen MR) is 209 cm³/mol. The average molecular weight is 747 g/mol.